The summed E-state index contributed by atoms with van der Waals surface area (Å²) >= 11 is 0. The van der Waals surface area contributed by atoms with Crippen molar-refractivity contribution >= 4 is 0 Å². The lowest BCUT2D eigenvalue weighted by atomic mass is 10.00. The van der Waals surface area contributed by atoms with Gasteiger partial charge in [0.25, 0.3) is 0 Å². The molecule has 1 aliphatic rings. The molecule has 0 amide bonds. The molecule has 0 saturated carbocycles. The maximum atomic E-state index is 5.97. The number of rotatable bonds is 9. The second kappa shape index (κ2) is 8.37. The van der Waals surface area contributed by atoms with Crippen LogP contribution in [0.4, 0.5) is 0 Å². The van der Waals surface area contributed by atoms with Crippen LogP contribution in [0, 0.1) is 13.8 Å². The molecular formula is C21H26O4. The highest BCUT2D eigenvalue weighted by molar-refractivity contribution is 5.45. The van der Waals surface area contributed by atoms with Gasteiger partial charge in [0.15, 0.2) is 6.79 Å². The molecule has 1 aliphatic heterocycles. The van der Waals surface area contributed by atoms with E-state index in [1.54, 1.807) is 0 Å². The zero-order chi connectivity index (χ0) is 17.6. The molecule has 0 aliphatic carbocycles. The number of aryl methyl sites for hydroxylation is 2. The predicted octanol–water partition coefficient (Wildman–Crippen LogP) is 4.04. The van der Waals surface area contributed by atoms with Gasteiger partial charge in [0.1, 0.15) is 24.2 Å². The summed E-state index contributed by atoms with van der Waals surface area (Å²) in [6.45, 7) is 8.46. The summed E-state index contributed by atoms with van der Waals surface area (Å²) in [6.07, 6.45) is 1.00. The average molecular weight is 342 g/mol. The third-order valence-corrected chi connectivity index (χ3v) is 4.14. The van der Waals surface area contributed by atoms with E-state index in [4.69, 9.17) is 18.9 Å². The Kier molecular flexibility index (Phi) is 5.95. The molecule has 1 atom stereocenters. The molecule has 4 nitrogen and oxygen atoms in total. The van der Waals surface area contributed by atoms with Crippen LogP contribution in [0.15, 0.2) is 36.4 Å². The first-order valence-electron chi connectivity index (χ1n) is 8.79. The Labute approximate surface area is 149 Å². The summed E-state index contributed by atoms with van der Waals surface area (Å²) in [5, 5.41) is 0. The van der Waals surface area contributed by atoms with E-state index >= 15 is 0 Å². The van der Waals surface area contributed by atoms with Gasteiger partial charge in [0.05, 0.1) is 6.61 Å². The molecular weight excluding hydrogens is 316 g/mol. The molecule has 0 radical (unpaired) electrons. The fourth-order valence-electron chi connectivity index (χ4n) is 2.72. The summed E-state index contributed by atoms with van der Waals surface area (Å²) in [5.74, 6) is 1.77. The lowest BCUT2D eigenvalue weighted by molar-refractivity contribution is 0.0219. The van der Waals surface area contributed by atoms with Crippen molar-refractivity contribution in [2.75, 3.05) is 26.6 Å². The molecule has 2 aromatic carbocycles. The maximum Gasteiger partial charge on any atom is 0.189 e. The summed E-state index contributed by atoms with van der Waals surface area (Å²) < 4.78 is 22.3. The number of ether oxygens (including phenoxy) is 4. The summed E-state index contributed by atoms with van der Waals surface area (Å²) in [5.41, 5.74) is 4.72. The highest BCUT2D eigenvalue weighted by Crippen LogP contribution is 2.29. The van der Waals surface area contributed by atoms with Crippen molar-refractivity contribution in [3.05, 3.63) is 58.7 Å². The molecule has 4 heteroatoms. The molecule has 1 fully saturated rings. The van der Waals surface area contributed by atoms with Gasteiger partial charge in [-0.3, -0.25) is 0 Å². The van der Waals surface area contributed by atoms with E-state index in [2.05, 4.69) is 38.1 Å². The average Bonchev–Trinajstić information content (AvgIpc) is 3.41. The summed E-state index contributed by atoms with van der Waals surface area (Å²) in [7, 11) is 0. The topological polar surface area (TPSA) is 40.2 Å². The van der Waals surface area contributed by atoms with Gasteiger partial charge in [0.2, 0.25) is 0 Å². The van der Waals surface area contributed by atoms with Crippen molar-refractivity contribution < 1.29 is 18.9 Å². The van der Waals surface area contributed by atoms with E-state index in [1.807, 2.05) is 19.1 Å². The van der Waals surface area contributed by atoms with Crippen LogP contribution in [0.3, 0.4) is 0 Å². The Morgan fingerprint density at radius 1 is 0.960 bits per heavy atom. The lowest BCUT2D eigenvalue weighted by Crippen LogP contribution is -2.07. The first-order valence-corrected chi connectivity index (χ1v) is 8.79. The van der Waals surface area contributed by atoms with Crippen LogP contribution in [-0.2, 0) is 15.9 Å². The molecule has 1 heterocycles. The minimum absolute atomic E-state index is 0.248. The SMILES string of the molecule is CCOCOc1ccc(C)cc1Cc1cc(C)ccc1OCC1CO1. The molecule has 2 aromatic rings. The molecule has 0 N–H and O–H groups in total. The smallest absolute Gasteiger partial charge is 0.189 e. The zero-order valence-corrected chi connectivity index (χ0v) is 15.2. The molecule has 25 heavy (non-hydrogen) atoms. The van der Waals surface area contributed by atoms with Gasteiger partial charge < -0.3 is 18.9 Å². The van der Waals surface area contributed by atoms with Crippen LogP contribution < -0.4 is 9.47 Å². The van der Waals surface area contributed by atoms with E-state index in [0.717, 1.165) is 35.7 Å². The van der Waals surface area contributed by atoms with Gasteiger partial charge in [-0.2, -0.15) is 0 Å². The Morgan fingerprint density at radius 3 is 2.12 bits per heavy atom. The normalized spacial score (nSPS) is 15.9. The number of benzene rings is 2. The second-order valence-electron chi connectivity index (χ2n) is 6.42. The Bertz CT molecular complexity index is 707. The van der Waals surface area contributed by atoms with Crippen LogP contribution >= 0.6 is 0 Å². The van der Waals surface area contributed by atoms with Gasteiger partial charge in [-0.25, -0.2) is 0 Å². The first kappa shape index (κ1) is 17.8. The molecule has 0 bridgehead atoms. The van der Waals surface area contributed by atoms with Crippen molar-refractivity contribution in [2.24, 2.45) is 0 Å². The van der Waals surface area contributed by atoms with E-state index in [9.17, 15) is 0 Å². The lowest BCUT2D eigenvalue weighted by Gasteiger charge is -2.15. The quantitative estimate of drug-likeness (QED) is 0.392. The van der Waals surface area contributed by atoms with Crippen molar-refractivity contribution in [3.8, 4) is 11.5 Å². The highest BCUT2D eigenvalue weighted by Gasteiger charge is 2.23. The van der Waals surface area contributed by atoms with Crippen molar-refractivity contribution in [3.63, 3.8) is 0 Å². The second-order valence-corrected chi connectivity index (χ2v) is 6.42. The molecule has 0 spiro atoms. The number of hydrogen-bond donors (Lipinski definition) is 0. The first-order chi connectivity index (χ1) is 12.2. The minimum atomic E-state index is 0.248. The Hall–Kier alpha value is -2.04. The van der Waals surface area contributed by atoms with Crippen molar-refractivity contribution in [2.45, 2.75) is 33.3 Å². The summed E-state index contributed by atoms with van der Waals surface area (Å²) in [6, 6.07) is 12.5. The zero-order valence-electron chi connectivity index (χ0n) is 15.2. The van der Waals surface area contributed by atoms with E-state index in [0.29, 0.717) is 13.2 Å². The van der Waals surface area contributed by atoms with Crippen LogP contribution in [0.2, 0.25) is 0 Å². The fraction of sp³-hybridized carbons (Fsp3) is 0.429. The van der Waals surface area contributed by atoms with Gasteiger partial charge in [-0.05, 0) is 44.0 Å². The van der Waals surface area contributed by atoms with Gasteiger partial charge >= 0.3 is 0 Å². The van der Waals surface area contributed by atoms with E-state index in [-0.39, 0.29) is 12.9 Å². The van der Waals surface area contributed by atoms with Gasteiger partial charge in [-0.1, -0.05) is 35.4 Å². The fourth-order valence-corrected chi connectivity index (χ4v) is 2.72. The monoisotopic (exact) mass is 342 g/mol. The molecule has 134 valence electrons. The van der Waals surface area contributed by atoms with Crippen LogP contribution in [0.1, 0.15) is 29.2 Å². The Balaban J connectivity index is 1.80. The number of hydrogen-bond acceptors (Lipinski definition) is 4. The van der Waals surface area contributed by atoms with Crippen LogP contribution in [0.25, 0.3) is 0 Å². The molecule has 1 saturated heterocycles. The van der Waals surface area contributed by atoms with Crippen LogP contribution in [0.5, 0.6) is 11.5 Å². The molecule has 0 aromatic heterocycles. The minimum Gasteiger partial charge on any atom is -0.490 e. The third-order valence-electron chi connectivity index (χ3n) is 4.14. The van der Waals surface area contributed by atoms with Crippen molar-refractivity contribution in [1.29, 1.82) is 0 Å². The standard InChI is InChI=1S/C21H26O4/c1-4-22-14-25-21-8-6-16(3)10-18(21)11-17-9-15(2)5-7-20(17)24-13-19-12-23-19/h5-10,19H,4,11-14H2,1-3H3. The largest absolute Gasteiger partial charge is 0.490 e. The third kappa shape index (κ3) is 5.21. The van der Waals surface area contributed by atoms with E-state index < -0.39 is 0 Å². The van der Waals surface area contributed by atoms with Gasteiger partial charge in [0, 0.05) is 13.0 Å². The van der Waals surface area contributed by atoms with Gasteiger partial charge in [-0.15, -0.1) is 0 Å². The van der Waals surface area contributed by atoms with Crippen LogP contribution in [-0.4, -0.2) is 32.7 Å². The highest BCUT2D eigenvalue weighted by atomic mass is 16.7. The molecule has 3 rings (SSSR count). The van der Waals surface area contributed by atoms with Crippen molar-refractivity contribution in [1.82, 2.24) is 0 Å². The summed E-state index contributed by atoms with van der Waals surface area (Å²) in [4.78, 5) is 0. The predicted molar refractivity (Wildman–Crippen MR) is 97.5 cm³/mol. The maximum absolute atomic E-state index is 5.97. The number of epoxide rings is 1. The Morgan fingerprint density at radius 2 is 1.56 bits per heavy atom. The van der Waals surface area contributed by atoms with E-state index in [1.165, 1.54) is 11.1 Å². The molecule has 1 unspecified atom stereocenters.